The number of ketones is 1. The normalized spacial score (nSPS) is 23.7. The van der Waals surface area contributed by atoms with Crippen LogP contribution in [0.3, 0.4) is 0 Å². The molecule has 0 aliphatic heterocycles. The van der Waals surface area contributed by atoms with Crippen molar-refractivity contribution in [3.63, 3.8) is 0 Å². The maximum absolute atomic E-state index is 11.3. The molecule has 1 saturated carbocycles. The van der Waals surface area contributed by atoms with Crippen LogP contribution in [0.15, 0.2) is 6.20 Å². The number of nitrogens with one attached hydrogen (secondary N) is 1. The zero-order valence-electron chi connectivity index (χ0n) is 10.8. The molecule has 5 heteroatoms. The second-order valence-corrected chi connectivity index (χ2v) is 4.90. The molecule has 0 saturated heterocycles. The fraction of sp³-hybridized carbons (Fsp3) is 0.615. The van der Waals surface area contributed by atoms with Gasteiger partial charge in [-0.05, 0) is 39.5 Å². The number of carbonyl (C=O) groups excluding carboxylic acids is 1. The monoisotopic (exact) mass is 249 g/mol. The van der Waals surface area contributed by atoms with Crippen LogP contribution in [0.25, 0.3) is 0 Å². The van der Waals surface area contributed by atoms with E-state index in [9.17, 15) is 9.90 Å². The Labute approximate surface area is 107 Å². The van der Waals surface area contributed by atoms with Gasteiger partial charge in [-0.3, -0.25) is 4.79 Å². The summed E-state index contributed by atoms with van der Waals surface area (Å²) in [5, 5.41) is 12.7. The van der Waals surface area contributed by atoms with Crippen molar-refractivity contribution in [1.29, 1.82) is 0 Å². The molecule has 0 bridgehead atoms. The van der Waals surface area contributed by atoms with Gasteiger partial charge in [-0.2, -0.15) is 0 Å². The number of Topliss-reactive ketones (excluding diaryl/α,β-unsaturated/α-hetero) is 1. The van der Waals surface area contributed by atoms with Crippen molar-refractivity contribution in [2.45, 2.75) is 51.7 Å². The quantitative estimate of drug-likeness (QED) is 0.797. The van der Waals surface area contributed by atoms with Gasteiger partial charge in [0.15, 0.2) is 5.78 Å². The van der Waals surface area contributed by atoms with Crippen molar-refractivity contribution in [2.75, 3.05) is 5.32 Å². The Balaban J connectivity index is 2.02. The number of aromatic nitrogens is 2. The van der Waals surface area contributed by atoms with Gasteiger partial charge in [0.1, 0.15) is 0 Å². The highest BCUT2D eigenvalue weighted by Gasteiger charge is 2.20. The molecule has 1 aliphatic rings. The summed E-state index contributed by atoms with van der Waals surface area (Å²) in [4.78, 5) is 19.7. The second-order valence-electron chi connectivity index (χ2n) is 4.90. The molecular formula is C13H19N3O2. The SMILES string of the molecule is CC(=O)c1cnc(NC2CCC(O)CC2)nc1C. The van der Waals surface area contributed by atoms with E-state index >= 15 is 0 Å². The van der Waals surface area contributed by atoms with Gasteiger partial charge in [0.25, 0.3) is 0 Å². The molecule has 1 aromatic heterocycles. The number of aliphatic hydroxyl groups excluding tert-OH is 1. The molecule has 1 fully saturated rings. The number of aliphatic hydroxyl groups is 1. The summed E-state index contributed by atoms with van der Waals surface area (Å²) >= 11 is 0. The first-order chi connectivity index (χ1) is 8.56. The summed E-state index contributed by atoms with van der Waals surface area (Å²) in [6.07, 6.45) is 4.91. The van der Waals surface area contributed by atoms with E-state index in [2.05, 4.69) is 15.3 Å². The Morgan fingerprint density at radius 3 is 2.61 bits per heavy atom. The van der Waals surface area contributed by atoms with Crippen LogP contribution in [-0.4, -0.2) is 33.0 Å². The molecule has 0 atom stereocenters. The molecule has 0 radical (unpaired) electrons. The third-order valence-electron chi connectivity index (χ3n) is 3.39. The molecule has 2 N–H and O–H groups in total. The second kappa shape index (κ2) is 5.44. The van der Waals surface area contributed by atoms with Gasteiger partial charge in [0, 0.05) is 12.2 Å². The molecule has 1 heterocycles. The highest BCUT2D eigenvalue weighted by Crippen LogP contribution is 2.21. The van der Waals surface area contributed by atoms with Gasteiger partial charge in [-0.15, -0.1) is 0 Å². The Kier molecular flexibility index (Phi) is 3.91. The smallest absolute Gasteiger partial charge is 0.223 e. The van der Waals surface area contributed by atoms with Crippen molar-refractivity contribution in [3.8, 4) is 0 Å². The van der Waals surface area contributed by atoms with Crippen LogP contribution >= 0.6 is 0 Å². The van der Waals surface area contributed by atoms with E-state index < -0.39 is 0 Å². The molecule has 0 spiro atoms. The van der Waals surface area contributed by atoms with E-state index in [1.54, 1.807) is 6.20 Å². The zero-order valence-corrected chi connectivity index (χ0v) is 10.8. The first kappa shape index (κ1) is 13.0. The molecule has 18 heavy (non-hydrogen) atoms. The lowest BCUT2D eigenvalue weighted by Gasteiger charge is -2.26. The number of hydrogen-bond acceptors (Lipinski definition) is 5. The Hall–Kier alpha value is -1.49. The van der Waals surface area contributed by atoms with Gasteiger partial charge < -0.3 is 10.4 Å². The van der Waals surface area contributed by atoms with Gasteiger partial charge >= 0.3 is 0 Å². The molecule has 0 aromatic carbocycles. The van der Waals surface area contributed by atoms with Crippen molar-refractivity contribution >= 4 is 11.7 Å². The van der Waals surface area contributed by atoms with Crippen molar-refractivity contribution in [3.05, 3.63) is 17.5 Å². The largest absolute Gasteiger partial charge is 0.393 e. The summed E-state index contributed by atoms with van der Waals surface area (Å²) in [7, 11) is 0. The van der Waals surface area contributed by atoms with E-state index in [4.69, 9.17) is 0 Å². The first-order valence-corrected chi connectivity index (χ1v) is 6.35. The minimum atomic E-state index is -0.161. The molecule has 98 valence electrons. The summed E-state index contributed by atoms with van der Waals surface area (Å²) in [5.41, 5.74) is 1.27. The molecule has 1 aliphatic carbocycles. The summed E-state index contributed by atoms with van der Waals surface area (Å²) in [6, 6.07) is 0.316. The number of carbonyl (C=O) groups is 1. The van der Waals surface area contributed by atoms with Gasteiger partial charge in [-0.1, -0.05) is 0 Å². The molecule has 5 nitrogen and oxygen atoms in total. The average Bonchev–Trinajstić information content (AvgIpc) is 2.32. The minimum Gasteiger partial charge on any atom is -0.393 e. The number of rotatable bonds is 3. The topological polar surface area (TPSA) is 75.1 Å². The minimum absolute atomic E-state index is 0.0140. The van der Waals surface area contributed by atoms with Crippen molar-refractivity contribution in [2.24, 2.45) is 0 Å². The summed E-state index contributed by atoms with van der Waals surface area (Å²) < 4.78 is 0. The van der Waals surface area contributed by atoms with Crippen molar-refractivity contribution < 1.29 is 9.90 Å². The van der Waals surface area contributed by atoms with Crippen LogP contribution in [-0.2, 0) is 0 Å². The maximum Gasteiger partial charge on any atom is 0.223 e. The highest BCUT2D eigenvalue weighted by molar-refractivity contribution is 5.94. The molecule has 0 amide bonds. The van der Waals surface area contributed by atoms with Gasteiger partial charge in [-0.25, -0.2) is 9.97 Å². The summed E-state index contributed by atoms with van der Waals surface area (Å²) in [6.45, 7) is 3.33. The predicted octanol–water partition coefficient (Wildman–Crippen LogP) is 1.70. The van der Waals surface area contributed by atoms with E-state index in [1.807, 2.05) is 6.92 Å². The average molecular weight is 249 g/mol. The lowest BCUT2D eigenvalue weighted by molar-refractivity contribution is 0.101. The third-order valence-corrected chi connectivity index (χ3v) is 3.39. The van der Waals surface area contributed by atoms with E-state index in [0.717, 1.165) is 25.7 Å². The van der Waals surface area contributed by atoms with Crippen LogP contribution < -0.4 is 5.32 Å². The zero-order chi connectivity index (χ0) is 13.1. The first-order valence-electron chi connectivity index (χ1n) is 6.35. The standard InChI is InChI=1S/C13H19N3O2/c1-8-12(9(2)17)7-14-13(15-8)16-10-3-5-11(18)6-4-10/h7,10-11,18H,3-6H2,1-2H3,(H,14,15,16). The van der Waals surface area contributed by atoms with Crippen LogP contribution in [0.4, 0.5) is 5.95 Å². The van der Waals surface area contributed by atoms with Crippen LogP contribution in [0, 0.1) is 6.92 Å². The van der Waals surface area contributed by atoms with Crippen molar-refractivity contribution in [1.82, 2.24) is 9.97 Å². The Morgan fingerprint density at radius 1 is 1.39 bits per heavy atom. The van der Waals surface area contributed by atoms with Crippen LogP contribution in [0.1, 0.15) is 48.7 Å². The van der Waals surface area contributed by atoms with Crippen LogP contribution in [0.5, 0.6) is 0 Å². The lowest BCUT2D eigenvalue weighted by atomic mass is 9.93. The van der Waals surface area contributed by atoms with Gasteiger partial charge in [0.05, 0.1) is 17.4 Å². The Bertz CT molecular complexity index is 440. The Morgan fingerprint density at radius 2 is 2.06 bits per heavy atom. The fourth-order valence-corrected chi connectivity index (χ4v) is 2.28. The molecule has 2 rings (SSSR count). The van der Waals surface area contributed by atoms with E-state index in [0.29, 0.717) is 23.2 Å². The molecule has 1 aromatic rings. The lowest BCUT2D eigenvalue weighted by Crippen LogP contribution is -2.29. The summed E-state index contributed by atoms with van der Waals surface area (Å²) in [5.74, 6) is 0.554. The van der Waals surface area contributed by atoms with E-state index in [-0.39, 0.29) is 11.9 Å². The number of hydrogen-bond donors (Lipinski definition) is 2. The molecular weight excluding hydrogens is 230 g/mol. The number of aryl methyl sites for hydroxylation is 1. The highest BCUT2D eigenvalue weighted by atomic mass is 16.3. The van der Waals surface area contributed by atoms with E-state index in [1.165, 1.54) is 6.92 Å². The predicted molar refractivity (Wildman–Crippen MR) is 68.7 cm³/mol. The maximum atomic E-state index is 11.3. The molecule has 0 unspecified atom stereocenters. The number of nitrogens with zero attached hydrogens (tertiary/aromatic N) is 2. The van der Waals surface area contributed by atoms with Gasteiger partial charge in [0.2, 0.25) is 5.95 Å². The number of anilines is 1. The fourth-order valence-electron chi connectivity index (χ4n) is 2.28. The third kappa shape index (κ3) is 3.04. The van der Waals surface area contributed by atoms with Crippen LogP contribution in [0.2, 0.25) is 0 Å².